The van der Waals surface area contributed by atoms with Gasteiger partial charge in [0.05, 0.1) is 17.9 Å². The van der Waals surface area contributed by atoms with Gasteiger partial charge in [0, 0.05) is 11.1 Å². The molecule has 2 rings (SSSR count). The Labute approximate surface area is 126 Å². The highest BCUT2D eigenvalue weighted by atomic mass is 16.3. The lowest BCUT2D eigenvalue weighted by Gasteiger charge is -2.17. The SMILES string of the molecule is C=C[C@H](N=C(c1ccccc1)c1ccccc1)[C@H](O)CC. The third-order valence-electron chi connectivity index (χ3n) is 3.43. The summed E-state index contributed by atoms with van der Waals surface area (Å²) < 4.78 is 0. The number of nitrogens with zero attached hydrogens (tertiary/aromatic N) is 1. The van der Waals surface area contributed by atoms with Crippen LogP contribution >= 0.6 is 0 Å². The van der Waals surface area contributed by atoms with Gasteiger partial charge in [-0.05, 0) is 6.42 Å². The van der Waals surface area contributed by atoms with Gasteiger partial charge in [-0.25, -0.2) is 0 Å². The first-order valence-corrected chi connectivity index (χ1v) is 7.25. The van der Waals surface area contributed by atoms with Crippen molar-refractivity contribution >= 4 is 5.71 Å². The average Bonchev–Trinajstić information content (AvgIpc) is 2.57. The molecule has 0 fully saturated rings. The minimum atomic E-state index is -0.509. The Morgan fingerprint density at radius 2 is 1.52 bits per heavy atom. The highest BCUT2D eigenvalue weighted by Crippen LogP contribution is 2.14. The zero-order valence-electron chi connectivity index (χ0n) is 12.3. The van der Waals surface area contributed by atoms with Gasteiger partial charge in [0.2, 0.25) is 0 Å². The van der Waals surface area contributed by atoms with Crippen molar-refractivity contribution in [2.75, 3.05) is 0 Å². The summed E-state index contributed by atoms with van der Waals surface area (Å²) in [6.07, 6.45) is 1.85. The van der Waals surface area contributed by atoms with Crippen molar-refractivity contribution in [3.63, 3.8) is 0 Å². The van der Waals surface area contributed by atoms with Gasteiger partial charge in [-0.1, -0.05) is 73.7 Å². The average molecular weight is 279 g/mol. The largest absolute Gasteiger partial charge is 0.391 e. The summed E-state index contributed by atoms with van der Waals surface area (Å²) in [5.41, 5.74) is 2.96. The fraction of sp³-hybridized carbons (Fsp3) is 0.211. The van der Waals surface area contributed by atoms with Crippen LogP contribution in [0, 0.1) is 0 Å². The quantitative estimate of drug-likeness (QED) is 0.632. The van der Waals surface area contributed by atoms with Crippen LogP contribution in [0.4, 0.5) is 0 Å². The molecule has 2 aromatic rings. The van der Waals surface area contributed by atoms with Crippen molar-refractivity contribution in [2.24, 2.45) is 4.99 Å². The Bertz CT molecular complexity index is 548. The van der Waals surface area contributed by atoms with E-state index in [1.165, 1.54) is 0 Å². The molecule has 0 aromatic heterocycles. The van der Waals surface area contributed by atoms with Gasteiger partial charge >= 0.3 is 0 Å². The van der Waals surface area contributed by atoms with Crippen LogP contribution in [-0.4, -0.2) is 23.0 Å². The molecule has 0 saturated heterocycles. The third-order valence-corrected chi connectivity index (χ3v) is 3.43. The molecule has 0 radical (unpaired) electrons. The van der Waals surface area contributed by atoms with E-state index in [2.05, 4.69) is 6.58 Å². The van der Waals surface area contributed by atoms with Crippen molar-refractivity contribution in [3.8, 4) is 0 Å². The van der Waals surface area contributed by atoms with Gasteiger partial charge in [0.25, 0.3) is 0 Å². The number of rotatable bonds is 6. The maximum absolute atomic E-state index is 10.1. The van der Waals surface area contributed by atoms with E-state index in [-0.39, 0.29) is 6.04 Å². The molecule has 0 heterocycles. The fourth-order valence-electron chi connectivity index (χ4n) is 2.19. The Kier molecular flexibility index (Phi) is 5.47. The second-order valence-electron chi connectivity index (χ2n) is 4.91. The van der Waals surface area contributed by atoms with E-state index < -0.39 is 6.10 Å². The Morgan fingerprint density at radius 3 is 1.90 bits per heavy atom. The summed E-state index contributed by atoms with van der Waals surface area (Å²) in [6.45, 7) is 5.75. The second-order valence-corrected chi connectivity index (χ2v) is 4.91. The Balaban J connectivity index is 2.48. The molecule has 0 unspecified atom stereocenters. The van der Waals surface area contributed by atoms with Gasteiger partial charge < -0.3 is 5.11 Å². The van der Waals surface area contributed by atoms with E-state index in [0.29, 0.717) is 6.42 Å². The molecule has 0 bridgehead atoms. The van der Waals surface area contributed by atoms with Crippen LogP contribution in [0.2, 0.25) is 0 Å². The molecule has 2 heteroatoms. The van der Waals surface area contributed by atoms with Gasteiger partial charge in [-0.15, -0.1) is 6.58 Å². The van der Waals surface area contributed by atoms with Gasteiger partial charge in [-0.2, -0.15) is 0 Å². The molecule has 0 aliphatic rings. The lowest BCUT2D eigenvalue weighted by molar-refractivity contribution is 0.157. The van der Waals surface area contributed by atoms with E-state index >= 15 is 0 Å². The van der Waals surface area contributed by atoms with Crippen molar-refractivity contribution in [1.82, 2.24) is 0 Å². The minimum Gasteiger partial charge on any atom is -0.391 e. The van der Waals surface area contributed by atoms with Crippen molar-refractivity contribution in [1.29, 1.82) is 0 Å². The van der Waals surface area contributed by atoms with Crippen LogP contribution in [0.15, 0.2) is 78.3 Å². The first-order chi connectivity index (χ1) is 10.3. The molecule has 108 valence electrons. The number of hydrogen-bond donors (Lipinski definition) is 1. The van der Waals surface area contributed by atoms with E-state index in [1.807, 2.05) is 67.6 Å². The van der Waals surface area contributed by atoms with Crippen LogP contribution in [-0.2, 0) is 0 Å². The smallest absolute Gasteiger partial charge is 0.0943 e. The van der Waals surface area contributed by atoms with Crippen molar-refractivity contribution in [3.05, 3.63) is 84.4 Å². The zero-order chi connectivity index (χ0) is 15.1. The van der Waals surface area contributed by atoms with E-state index in [4.69, 9.17) is 4.99 Å². The lowest BCUT2D eigenvalue weighted by Crippen LogP contribution is -2.23. The van der Waals surface area contributed by atoms with Crippen LogP contribution in [0.3, 0.4) is 0 Å². The summed E-state index contributed by atoms with van der Waals surface area (Å²) in [6, 6.07) is 19.8. The van der Waals surface area contributed by atoms with Crippen LogP contribution < -0.4 is 0 Å². The molecule has 0 amide bonds. The second kappa shape index (κ2) is 7.55. The summed E-state index contributed by atoms with van der Waals surface area (Å²) in [7, 11) is 0. The van der Waals surface area contributed by atoms with Gasteiger partial charge in [0.15, 0.2) is 0 Å². The molecular formula is C19H21NO. The van der Waals surface area contributed by atoms with Crippen LogP contribution in [0.5, 0.6) is 0 Å². The van der Waals surface area contributed by atoms with Gasteiger partial charge in [-0.3, -0.25) is 4.99 Å². The Hall–Kier alpha value is -2.19. The number of benzene rings is 2. The van der Waals surface area contributed by atoms with Gasteiger partial charge in [0.1, 0.15) is 0 Å². The molecule has 2 aromatic carbocycles. The molecule has 0 spiro atoms. The first-order valence-electron chi connectivity index (χ1n) is 7.25. The number of aliphatic imine (C=N–C) groups is 1. The zero-order valence-corrected chi connectivity index (χ0v) is 12.3. The first kappa shape index (κ1) is 15.2. The summed E-state index contributed by atoms with van der Waals surface area (Å²) in [5, 5.41) is 10.1. The summed E-state index contributed by atoms with van der Waals surface area (Å²) in [4.78, 5) is 4.75. The topological polar surface area (TPSA) is 32.6 Å². The molecule has 2 nitrogen and oxygen atoms in total. The monoisotopic (exact) mass is 279 g/mol. The predicted molar refractivity (Wildman–Crippen MR) is 88.8 cm³/mol. The van der Waals surface area contributed by atoms with Crippen molar-refractivity contribution < 1.29 is 5.11 Å². The number of aliphatic hydroxyl groups excluding tert-OH is 1. The molecule has 21 heavy (non-hydrogen) atoms. The van der Waals surface area contributed by atoms with Crippen LogP contribution in [0.1, 0.15) is 24.5 Å². The number of aliphatic hydroxyl groups is 1. The van der Waals surface area contributed by atoms with Crippen LogP contribution in [0.25, 0.3) is 0 Å². The molecule has 2 atom stereocenters. The van der Waals surface area contributed by atoms with E-state index in [1.54, 1.807) is 6.08 Å². The molecule has 0 saturated carbocycles. The standard InChI is InChI=1S/C19H21NO/c1-3-17(18(21)4-2)20-19(15-11-7-5-8-12-15)16-13-9-6-10-14-16/h3,5-14,17-18,21H,1,4H2,2H3/t17-,18+/m0/s1. The molecule has 1 N–H and O–H groups in total. The Morgan fingerprint density at radius 1 is 1.05 bits per heavy atom. The molecular weight excluding hydrogens is 258 g/mol. The maximum Gasteiger partial charge on any atom is 0.0943 e. The van der Waals surface area contributed by atoms with E-state index in [9.17, 15) is 5.11 Å². The molecule has 0 aliphatic heterocycles. The maximum atomic E-state index is 10.1. The summed E-state index contributed by atoms with van der Waals surface area (Å²) in [5.74, 6) is 0. The lowest BCUT2D eigenvalue weighted by atomic mass is 10.0. The highest BCUT2D eigenvalue weighted by molar-refractivity contribution is 6.13. The third kappa shape index (κ3) is 3.89. The minimum absolute atomic E-state index is 0.301. The summed E-state index contributed by atoms with van der Waals surface area (Å²) >= 11 is 0. The highest BCUT2D eigenvalue weighted by Gasteiger charge is 2.15. The fourth-order valence-corrected chi connectivity index (χ4v) is 2.19. The van der Waals surface area contributed by atoms with Crippen molar-refractivity contribution in [2.45, 2.75) is 25.5 Å². The number of hydrogen-bond acceptors (Lipinski definition) is 2. The molecule has 0 aliphatic carbocycles. The van der Waals surface area contributed by atoms with E-state index in [0.717, 1.165) is 16.8 Å². The normalized spacial score (nSPS) is 13.2. The predicted octanol–water partition coefficient (Wildman–Crippen LogP) is 3.85.